The fourth-order valence-electron chi connectivity index (χ4n) is 3.66. The molecule has 1 N–H and O–H groups in total. The Hall–Kier alpha value is -3.34. The lowest BCUT2D eigenvalue weighted by Crippen LogP contribution is -2.12. The van der Waals surface area contributed by atoms with Gasteiger partial charge in [0.15, 0.2) is 11.5 Å². The molecule has 1 amide bonds. The van der Waals surface area contributed by atoms with Gasteiger partial charge in [0.05, 0.1) is 0 Å². The van der Waals surface area contributed by atoms with Gasteiger partial charge in [-0.2, -0.15) is 0 Å². The van der Waals surface area contributed by atoms with Crippen LogP contribution in [0.2, 0.25) is 0 Å². The van der Waals surface area contributed by atoms with Crippen LogP contribution >= 0.6 is 0 Å². The second-order valence-corrected chi connectivity index (χ2v) is 7.70. The van der Waals surface area contributed by atoms with Gasteiger partial charge in [-0.15, -0.1) is 0 Å². The summed E-state index contributed by atoms with van der Waals surface area (Å²) < 4.78 is 10.7. The largest absolute Gasteiger partial charge is 0.454 e. The van der Waals surface area contributed by atoms with Crippen LogP contribution in [0.15, 0.2) is 54.7 Å². The molecule has 1 aromatic heterocycles. The van der Waals surface area contributed by atoms with E-state index in [1.54, 1.807) is 0 Å². The number of nitrogens with zero attached hydrogens (tertiary/aromatic N) is 1. The number of hydrogen-bond donors (Lipinski definition) is 1. The van der Waals surface area contributed by atoms with E-state index in [0.717, 1.165) is 47.5 Å². The van der Waals surface area contributed by atoms with Crippen molar-refractivity contribution in [1.29, 1.82) is 0 Å². The molecule has 1 aliphatic rings. The maximum absolute atomic E-state index is 12.3. The number of carbonyl (C=O) groups is 1. The number of ether oxygens (including phenoxy) is 2. The van der Waals surface area contributed by atoms with Crippen molar-refractivity contribution in [1.82, 2.24) is 4.98 Å². The summed E-state index contributed by atoms with van der Waals surface area (Å²) in [5, 5.41) is 2.92. The average molecular weight is 402 g/mol. The molecule has 0 unspecified atom stereocenters. The van der Waals surface area contributed by atoms with Gasteiger partial charge in [-0.25, -0.2) is 4.98 Å². The molecule has 3 aromatic rings. The standard InChI is InChI=1S/C25H26N2O3/c1-17-6-5-8-20(12-17)21-15-26-24(13-18(21)2)27-25(28)9-4-3-7-19-10-11-22-23(14-19)30-16-29-22/h5-6,8,10-15H,3-4,7,9,16H2,1-2H3,(H,26,27,28). The number of carbonyl (C=O) groups excluding carboxylic acids is 1. The molecule has 0 fully saturated rings. The number of aryl methyl sites for hydroxylation is 3. The van der Waals surface area contributed by atoms with Gasteiger partial charge >= 0.3 is 0 Å². The van der Waals surface area contributed by atoms with Crippen LogP contribution in [0.5, 0.6) is 11.5 Å². The molecule has 4 rings (SSSR count). The average Bonchev–Trinajstić information content (AvgIpc) is 3.19. The van der Waals surface area contributed by atoms with E-state index in [1.165, 1.54) is 11.1 Å². The summed E-state index contributed by atoms with van der Waals surface area (Å²) in [6, 6.07) is 16.3. The number of nitrogens with one attached hydrogen (secondary N) is 1. The van der Waals surface area contributed by atoms with E-state index in [1.807, 2.05) is 37.4 Å². The van der Waals surface area contributed by atoms with Crippen LogP contribution in [0.4, 0.5) is 5.82 Å². The van der Waals surface area contributed by atoms with Crippen molar-refractivity contribution in [2.24, 2.45) is 0 Å². The van der Waals surface area contributed by atoms with Crippen LogP contribution in [0.1, 0.15) is 36.0 Å². The first-order valence-corrected chi connectivity index (χ1v) is 10.3. The molecule has 5 heteroatoms. The van der Waals surface area contributed by atoms with Crippen molar-refractivity contribution >= 4 is 11.7 Å². The van der Waals surface area contributed by atoms with E-state index in [2.05, 4.69) is 41.5 Å². The highest BCUT2D eigenvalue weighted by molar-refractivity contribution is 5.90. The number of amides is 1. The van der Waals surface area contributed by atoms with Gasteiger partial charge < -0.3 is 14.8 Å². The molecule has 0 spiro atoms. The zero-order valence-electron chi connectivity index (χ0n) is 17.4. The number of aromatic nitrogens is 1. The lowest BCUT2D eigenvalue weighted by atomic mass is 10.0. The van der Waals surface area contributed by atoms with Gasteiger partial charge in [0.25, 0.3) is 0 Å². The first-order chi connectivity index (χ1) is 14.6. The van der Waals surface area contributed by atoms with E-state index < -0.39 is 0 Å². The Morgan fingerprint density at radius 2 is 1.90 bits per heavy atom. The first kappa shape index (κ1) is 20.0. The Bertz CT molecular complexity index is 1060. The fourth-order valence-corrected chi connectivity index (χ4v) is 3.66. The molecule has 0 radical (unpaired) electrons. The van der Waals surface area contributed by atoms with Gasteiger partial charge in [0.2, 0.25) is 12.7 Å². The monoisotopic (exact) mass is 402 g/mol. The Balaban J connectivity index is 1.26. The summed E-state index contributed by atoms with van der Waals surface area (Å²) in [6.07, 6.45) is 4.98. The summed E-state index contributed by atoms with van der Waals surface area (Å²) in [5.41, 5.74) is 5.73. The van der Waals surface area contributed by atoms with Crippen molar-refractivity contribution < 1.29 is 14.3 Å². The molecule has 0 saturated carbocycles. The lowest BCUT2D eigenvalue weighted by Gasteiger charge is -2.10. The summed E-state index contributed by atoms with van der Waals surface area (Å²) >= 11 is 0. The molecule has 0 bridgehead atoms. The number of anilines is 1. The van der Waals surface area contributed by atoms with E-state index in [0.29, 0.717) is 19.0 Å². The minimum absolute atomic E-state index is 0.00380. The molecule has 0 saturated heterocycles. The SMILES string of the molecule is Cc1cccc(-c2cnc(NC(=O)CCCCc3ccc4c(c3)OCO4)cc2C)c1. The normalized spacial score (nSPS) is 12.1. The third-order valence-corrected chi connectivity index (χ3v) is 5.26. The molecular weight excluding hydrogens is 376 g/mol. The Morgan fingerprint density at radius 1 is 1.03 bits per heavy atom. The smallest absolute Gasteiger partial charge is 0.231 e. The van der Waals surface area contributed by atoms with Crippen molar-refractivity contribution in [3.05, 3.63) is 71.4 Å². The molecule has 0 aliphatic carbocycles. The Kier molecular flexibility index (Phi) is 5.98. The lowest BCUT2D eigenvalue weighted by molar-refractivity contribution is -0.116. The Labute approximate surface area is 177 Å². The second kappa shape index (κ2) is 8.99. The number of unbranched alkanes of at least 4 members (excludes halogenated alkanes) is 1. The molecular formula is C25H26N2O3. The van der Waals surface area contributed by atoms with Crippen molar-refractivity contribution in [2.75, 3.05) is 12.1 Å². The predicted octanol–water partition coefficient (Wildman–Crippen LogP) is 5.45. The van der Waals surface area contributed by atoms with Gasteiger partial charge in [-0.05, 0) is 68.0 Å². The molecule has 2 heterocycles. The van der Waals surface area contributed by atoms with Crippen LogP contribution in [-0.2, 0) is 11.2 Å². The van der Waals surface area contributed by atoms with Crippen LogP contribution in [0.3, 0.4) is 0 Å². The van der Waals surface area contributed by atoms with E-state index in [-0.39, 0.29) is 5.91 Å². The second-order valence-electron chi connectivity index (χ2n) is 7.70. The summed E-state index contributed by atoms with van der Waals surface area (Å²) in [5.74, 6) is 2.20. The van der Waals surface area contributed by atoms with E-state index >= 15 is 0 Å². The minimum atomic E-state index is -0.00380. The summed E-state index contributed by atoms with van der Waals surface area (Å²) in [4.78, 5) is 16.7. The quantitative estimate of drug-likeness (QED) is 0.534. The van der Waals surface area contributed by atoms with Crippen molar-refractivity contribution in [3.63, 3.8) is 0 Å². The van der Waals surface area contributed by atoms with Crippen LogP contribution in [-0.4, -0.2) is 17.7 Å². The van der Waals surface area contributed by atoms with Gasteiger partial charge in [0, 0.05) is 18.2 Å². The van der Waals surface area contributed by atoms with E-state index in [9.17, 15) is 4.79 Å². The number of pyridine rings is 1. The van der Waals surface area contributed by atoms with Crippen LogP contribution in [0, 0.1) is 13.8 Å². The van der Waals surface area contributed by atoms with Gasteiger partial charge in [-0.3, -0.25) is 4.79 Å². The molecule has 1 aliphatic heterocycles. The van der Waals surface area contributed by atoms with Crippen molar-refractivity contribution in [2.45, 2.75) is 39.5 Å². The first-order valence-electron chi connectivity index (χ1n) is 10.3. The zero-order chi connectivity index (χ0) is 20.9. The topological polar surface area (TPSA) is 60.5 Å². The van der Waals surface area contributed by atoms with Crippen LogP contribution in [0.25, 0.3) is 11.1 Å². The third kappa shape index (κ3) is 4.79. The molecule has 30 heavy (non-hydrogen) atoms. The molecule has 0 atom stereocenters. The minimum Gasteiger partial charge on any atom is -0.454 e. The molecule has 5 nitrogen and oxygen atoms in total. The summed E-state index contributed by atoms with van der Waals surface area (Å²) in [6.45, 7) is 4.41. The third-order valence-electron chi connectivity index (χ3n) is 5.26. The van der Waals surface area contributed by atoms with E-state index in [4.69, 9.17) is 9.47 Å². The van der Waals surface area contributed by atoms with Gasteiger partial charge in [-0.1, -0.05) is 35.9 Å². The van der Waals surface area contributed by atoms with Crippen LogP contribution < -0.4 is 14.8 Å². The highest BCUT2D eigenvalue weighted by atomic mass is 16.7. The number of benzene rings is 2. The number of hydrogen-bond acceptors (Lipinski definition) is 4. The zero-order valence-corrected chi connectivity index (χ0v) is 17.4. The van der Waals surface area contributed by atoms with Gasteiger partial charge in [0.1, 0.15) is 5.82 Å². The Morgan fingerprint density at radius 3 is 2.73 bits per heavy atom. The molecule has 2 aromatic carbocycles. The molecule has 154 valence electrons. The highest BCUT2D eigenvalue weighted by Crippen LogP contribution is 2.33. The maximum Gasteiger partial charge on any atom is 0.231 e. The highest BCUT2D eigenvalue weighted by Gasteiger charge is 2.13. The number of rotatable bonds is 7. The fraction of sp³-hybridized carbons (Fsp3) is 0.280. The maximum atomic E-state index is 12.3. The number of fused-ring (bicyclic) bond motifs is 1. The summed E-state index contributed by atoms with van der Waals surface area (Å²) in [7, 11) is 0. The predicted molar refractivity (Wildman–Crippen MR) is 118 cm³/mol. The van der Waals surface area contributed by atoms with Crippen molar-refractivity contribution in [3.8, 4) is 22.6 Å².